The lowest BCUT2D eigenvalue weighted by Crippen LogP contribution is -2.47. The number of hydrogen-bond acceptors (Lipinski definition) is 4. The molecule has 0 aromatic heterocycles. The van der Waals surface area contributed by atoms with Gasteiger partial charge in [0.25, 0.3) is 0 Å². The molecule has 1 heterocycles. The first-order chi connectivity index (χ1) is 10.0. The number of benzene rings is 1. The molecule has 1 aromatic carbocycles. The maximum atomic E-state index is 9.45. The molecule has 1 saturated heterocycles. The summed E-state index contributed by atoms with van der Waals surface area (Å²) in [5.74, 6) is 0.999. The highest BCUT2D eigenvalue weighted by atomic mass is 16.5. The standard InChI is InChI=1S/C17H28N2O2/c1-14(2)21-17-7-5-4-6-16(17)13-19-10-8-18(9-11-19)12-15(3)20/h4-7,14-15,20H,8-13H2,1-3H3/t15-/m1/s1. The number of β-amino-alcohol motifs (C(OH)–C–C–N with tert-alkyl or cyclic N) is 1. The number of hydrogen-bond donors (Lipinski definition) is 1. The van der Waals surface area contributed by atoms with E-state index < -0.39 is 0 Å². The van der Waals surface area contributed by atoms with Crippen molar-refractivity contribution in [3.63, 3.8) is 0 Å². The number of aliphatic hydroxyl groups is 1. The van der Waals surface area contributed by atoms with Crippen molar-refractivity contribution >= 4 is 0 Å². The van der Waals surface area contributed by atoms with Crippen LogP contribution in [0.3, 0.4) is 0 Å². The van der Waals surface area contributed by atoms with Gasteiger partial charge in [0.15, 0.2) is 0 Å². The van der Waals surface area contributed by atoms with Crippen molar-refractivity contribution in [1.29, 1.82) is 0 Å². The molecule has 0 spiro atoms. The summed E-state index contributed by atoms with van der Waals surface area (Å²) in [5, 5.41) is 9.45. The Labute approximate surface area is 128 Å². The number of rotatable bonds is 6. The molecule has 0 saturated carbocycles. The molecule has 1 aliphatic rings. The van der Waals surface area contributed by atoms with Crippen LogP contribution in [0.4, 0.5) is 0 Å². The van der Waals surface area contributed by atoms with E-state index in [1.807, 2.05) is 13.0 Å². The van der Waals surface area contributed by atoms with Gasteiger partial charge >= 0.3 is 0 Å². The Morgan fingerprint density at radius 1 is 1.05 bits per heavy atom. The summed E-state index contributed by atoms with van der Waals surface area (Å²) in [6.07, 6.45) is -0.0363. The van der Waals surface area contributed by atoms with E-state index in [4.69, 9.17) is 4.74 Å². The number of ether oxygens (including phenoxy) is 1. The van der Waals surface area contributed by atoms with E-state index in [9.17, 15) is 5.11 Å². The highest BCUT2D eigenvalue weighted by molar-refractivity contribution is 5.33. The molecule has 0 radical (unpaired) electrons. The van der Waals surface area contributed by atoms with Crippen molar-refractivity contribution < 1.29 is 9.84 Å². The van der Waals surface area contributed by atoms with Crippen LogP contribution in [0.25, 0.3) is 0 Å². The zero-order valence-electron chi connectivity index (χ0n) is 13.5. The van der Waals surface area contributed by atoms with Crippen LogP contribution in [0.2, 0.25) is 0 Å². The van der Waals surface area contributed by atoms with Gasteiger partial charge in [-0.3, -0.25) is 9.80 Å². The average molecular weight is 292 g/mol. The molecule has 1 aliphatic heterocycles. The van der Waals surface area contributed by atoms with Crippen molar-refractivity contribution in [3.05, 3.63) is 29.8 Å². The number of nitrogens with zero attached hydrogens (tertiary/aromatic N) is 2. The molecular weight excluding hydrogens is 264 g/mol. The van der Waals surface area contributed by atoms with Gasteiger partial charge in [0.1, 0.15) is 5.75 Å². The van der Waals surface area contributed by atoms with Crippen molar-refractivity contribution in [2.45, 2.75) is 39.5 Å². The van der Waals surface area contributed by atoms with Crippen LogP contribution in [0.5, 0.6) is 5.75 Å². The lowest BCUT2D eigenvalue weighted by molar-refractivity contribution is 0.0775. The van der Waals surface area contributed by atoms with Gasteiger partial charge in [-0.1, -0.05) is 18.2 Å². The molecule has 21 heavy (non-hydrogen) atoms. The van der Waals surface area contributed by atoms with Gasteiger partial charge in [-0.15, -0.1) is 0 Å². The third-order valence-corrected chi connectivity index (χ3v) is 3.72. The second-order valence-corrected chi connectivity index (χ2v) is 6.20. The highest BCUT2D eigenvalue weighted by Gasteiger charge is 2.19. The van der Waals surface area contributed by atoms with Crippen LogP contribution in [-0.2, 0) is 6.54 Å². The number of para-hydroxylation sites is 1. The quantitative estimate of drug-likeness (QED) is 0.869. The first-order valence-electron chi connectivity index (χ1n) is 7.92. The SMILES string of the molecule is CC(C)Oc1ccccc1CN1CCN(C[C@@H](C)O)CC1. The Balaban J connectivity index is 1.89. The number of aliphatic hydroxyl groups excluding tert-OH is 1. The minimum atomic E-state index is -0.239. The Morgan fingerprint density at radius 2 is 1.67 bits per heavy atom. The summed E-state index contributed by atoms with van der Waals surface area (Å²) < 4.78 is 5.89. The van der Waals surface area contributed by atoms with Crippen LogP contribution in [-0.4, -0.2) is 59.8 Å². The van der Waals surface area contributed by atoms with Gasteiger partial charge in [-0.25, -0.2) is 0 Å². The minimum absolute atomic E-state index is 0.203. The van der Waals surface area contributed by atoms with Crippen LogP contribution >= 0.6 is 0 Å². The molecule has 4 heteroatoms. The molecule has 2 rings (SSSR count). The minimum Gasteiger partial charge on any atom is -0.491 e. The summed E-state index contributed by atoms with van der Waals surface area (Å²) in [5.41, 5.74) is 1.26. The van der Waals surface area contributed by atoms with E-state index in [1.54, 1.807) is 0 Å². The normalized spacial score (nSPS) is 18.9. The van der Waals surface area contributed by atoms with Gasteiger partial charge in [0, 0.05) is 44.8 Å². The Bertz CT molecular complexity index is 427. The van der Waals surface area contributed by atoms with Crippen LogP contribution in [0.1, 0.15) is 26.3 Å². The molecule has 118 valence electrons. The number of piperazine rings is 1. The Morgan fingerprint density at radius 3 is 2.29 bits per heavy atom. The van der Waals surface area contributed by atoms with Crippen molar-refractivity contribution in [1.82, 2.24) is 9.80 Å². The van der Waals surface area contributed by atoms with Crippen LogP contribution in [0, 0.1) is 0 Å². The summed E-state index contributed by atoms with van der Waals surface area (Å²) in [4.78, 5) is 4.79. The first kappa shape index (κ1) is 16.3. The Kier molecular flexibility index (Phi) is 6.03. The lowest BCUT2D eigenvalue weighted by Gasteiger charge is -2.35. The van der Waals surface area contributed by atoms with Crippen molar-refractivity contribution in [3.8, 4) is 5.75 Å². The van der Waals surface area contributed by atoms with Gasteiger partial charge in [-0.05, 0) is 26.8 Å². The summed E-state index contributed by atoms with van der Waals surface area (Å²) in [6, 6.07) is 8.31. The predicted molar refractivity (Wildman–Crippen MR) is 85.6 cm³/mol. The van der Waals surface area contributed by atoms with Gasteiger partial charge in [0.05, 0.1) is 12.2 Å². The molecule has 0 bridgehead atoms. The van der Waals surface area contributed by atoms with Crippen molar-refractivity contribution in [2.75, 3.05) is 32.7 Å². The van der Waals surface area contributed by atoms with E-state index in [1.165, 1.54) is 5.56 Å². The fourth-order valence-corrected chi connectivity index (χ4v) is 2.75. The molecule has 1 aromatic rings. The Hall–Kier alpha value is -1.10. The second kappa shape index (κ2) is 7.78. The average Bonchev–Trinajstić information content (AvgIpc) is 2.42. The van der Waals surface area contributed by atoms with Gasteiger partial charge in [-0.2, -0.15) is 0 Å². The maximum absolute atomic E-state index is 9.45. The summed E-state index contributed by atoms with van der Waals surface area (Å²) in [7, 11) is 0. The highest BCUT2D eigenvalue weighted by Crippen LogP contribution is 2.21. The molecule has 1 N–H and O–H groups in total. The van der Waals surface area contributed by atoms with E-state index in [2.05, 4.69) is 41.8 Å². The van der Waals surface area contributed by atoms with Gasteiger partial charge in [0.2, 0.25) is 0 Å². The first-order valence-corrected chi connectivity index (χ1v) is 7.92. The predicted octanol–water partition coefficient (Wildman–Crippen LogP) is 1.97. The molecule has 0 unspecified atom stereocenters. The molecule has 0 amide bonds. The van der Waals surface area contributed by atoms with E-state index in [-0.39, 0.29) is 12.2 Å². The van der Waals surface area contributed by atoms with E-state index in [0.29, 0.717) is 0 Å². The van der Waals surface area contributed by atoms with Crippen LogP contribution < -0.4 is 4.74 Å². The third-order valence-electron chi connectivity index (χ3n) is 3.72. The fraction of sp³-hybridized carbons (Fsp3) is 0.647. The zero-order chi connectivity index (χ0) is 15.2. The summed E-state index contributed by atoms with van der Waals surface area (Å²) >= 11 is 0. The van der Waals surface area contributed by atoms with Crippen molar-refractivity contribution in [2.24, 2.45) is 0 Å². The molecule has 0 aliphatic carbocycles. The smallest absolute Gasteiger partial charge is 0.124 e. The molecule has 1 fully saturated rings. The third kappa shape index (κ3) is 5.30. The molecular formula is C17H28N2O2. The zero-order valence-corrected chi connectivity index (χ0v) is 13.5. The fourth-order valence-electron chi connectivity index (χ4n) is 2.75. The van der Waals surface area contributed by atoms with E-state index in [0.717, 1.165) is 45.0 Å². The van der Waals surface area contributed by atoms with Gasteiger partial charge < -0.3 is 9.84 Å². The van der Waals surface area contributed by atoms with E-state index >= 15 is 0 Å². The largest absolute Gasteiger partial charge is 0.491 e. The lowest BCUT2D eigenvalue weighted by atomic mass is 10.1. The summed E-state index contributed by atoms with van der Waals surface area (Å²) in [6.45, 7) is 11.8. The molecule has 1 atom stereocenters. The maximum Gasteiger partial charge on any atom is 0.124 e. The molecule has 4 nitrogen and oxygen atoms in total. The topological polar surface area (TPSA) is 35.9 Å². The second-order valence-electron chi connectivity index (χ2n) is 6.20. The monoisotopic (exact) mass is 292 g/mol. The van der Waals surface area contributed by atoms with Crippen LogP contribution in [0.15, 0.2) is 24.3 Å².